The molecule has 0 aliphatic heterocycles. The van der Waals surface area contributed by atoms with Gasteiger partial charge < -0.3 is 4.98 Å². The number of H-pyrrole nitrogens is 1. The molecule has 4 aromatic rings. The zero-order valence-corrected chi connectivity index (χ0v) is 12.0. The Morgan fingerprint density at radius 3 is 2.43 bits per heavy atom. The zero-order valence-electron chi connectivity index (χ0n) is 12.0. The second kappa shape index (κ2) is 4.19. The van der Waals surface area contributed by atoms with E-state index in [-0.39, 0.29) is 5.43 Å². The first-order chi connectivity index (χ1) is 10.1. The van der Waals surface area contributed by atoms with Crippen molar-refractivity contribution in [1.29, 1.82) is 0 Å². The molecular formula is C19H15NO. The van der Waals surface area contributed by atoms with Crippen molar-refractivity contribution in [3.8, 4) is 0 Å². The fourth-order valence-corrected chi connectivity index (χ4v) is 3.05. The van der Waals surface area contributed by atoms with Crippen molar-refractivity contribution in [2.45, 2.75) is 13.8 Å². The first kappa shape index (κ1) is 12.2. The molecule has 1 aromatic heterocycles. The number of aryl methyl sites for hydroxylation is 2. The van der Waals surface area contributed by atoms with Gasteiger partial charge in [0.15, 0.2) is 5.43 Å². The lowest BCUT2D eigenvalue weighted by atomic mass is 10.0. The summed E-state index contributed by atoms with van der Waals surface area (Å²) in [5, 5.41) is 3.77. The van der Waals surface area contributed by atoms with Crippen LogP contribution in [0.2, 0.25) is 0 Å². The molecule has 0 saturated heterocycles. The second-order valence-electron chi connectivity index (χ2n) is 5.66. The van der Waals surface area contributed by atoms with Crippen LogP contribution in [-0.2, 0) is 0 Å². The lowest BCUT2D eigenvalue weighted by Crippen LogP contribution is -2.05. The lowest BCUT2D eigenvalue weighted by molar-refractivity contribution is 1.42. The summed E-state index contributed by atoms with van der Waals surface area (Å²) in [5.41, 5.74) is 4.26. The highest BCUT2D eigenvalue weighted by molar-refractivity contribution is 6.08. The highest BCUT2D eigenvalue weighted by atomic mass is 16.1. The summed E-state index contributed by atoms with van der Waals surface area (Å²) in [7, 11) is 0. The Labute approximate surface area is 122 Å². The lowest BCUT2D eigenvalue weighted by Gasteiger charge is -2.08. The molecule has 3 aromatic carbocycles. The number of pyridine rings is 1. The third-order valence-electron chi connectivity index (χ3n) is 4.19. The standard InChI is InChI=1S/C19H15NO/c1-11-6-7-13-8-9-15-18(16(13)10-11)20-17-12(2)4-3-5-14(17)19(15)21/h3-10H,1-2H3,(H,20,21). The fourth-order valence-electron chi connectivity index (χ4n) is 3.05. The smallest absolute Gasteiger partial charge is 0.197 e. The van der Waals surface area contributed by atoms with Gasteiger partial charge in [0.2, 0.25) is 0 Å². The van der Waals surface area contributed by atoms with Gasteiger partial charge in [0.25, 0.3) is 0 Å². The molecule has 21 heavy (non-hydrogen) atoms. The van der Waals surface area contributed by atoms with E-state index in [1.165, 1.54) is 5.56 Å². The van der Waals surface area contributed by atoms with Gasteiger partial charge in [-0.2, -0.15) is 0 Å². The van der Waals surface area contributed by atoms with Crippen LogP contribution >= 0.6 is 0 Å². The molecular weight excluding hydrogens is 258 g/mol. The van der Waals surface area contributed by atoms with Gasteiger partial charge in [-0.15, -0.1) is 0 Å². The minimum atomic E-state index is 0.103. The average molecular weight is 273 g/mol. The van der Waals surface area contributed by atoms with Gasteiger partial charge in [0.05, 0.1) is 11.0 Å². The SMILES string of the molecule is Cc1ccc2ccc3c(=O)c4cccc(C)c4[nH]c3c2c1. The zero-order chi connectivity index (χ0) is 14.6. The normalized spacial score (nSPS) is 11.5. The van der Waals surface area contributed by atoms with Gasteiger partial charge in [-0.05, 0) is 43.0 Å². The molecule has 0 amide bonds. The van der Waals surface area contributed by atoms with E-state index < -0.39 is 0 Å². The van der Waals surface area contributed by atoms with E-state index in [9.17, 15) is 4.79 Å². The van der Waals surface area contributed by atoms with E-state index in [0.29, 0.717) is 0 Å². The molecule has 0 atom stereocenters. The predicted octanol–water partition coefficient (Wildman–Crippen LogP) is 4.45. The van der Waals surface area contributed by atoms with Crippen molar-refractivity contribution in [3.63, 3.8) is 0 Å². The van der Waals surface area contributed by atoms with Crippen molar-refractivity contribution in [1.82, 2.24) is 4.98 Å². The molecule has 102 valence electrons. The fraction of sp³-hybridized carbons (Fsp3) is 0.105. The number of hydrogen-bond donors (Lipinski definition) is 1. The van der Waals surface area contributed by atoms with Crippen molar-refractivity contribution < 1.29 is 0 Å². The van der Waals surface area contributed by atoms with Crippen molar-refractivity contribution in [3.05, 3.63) is 69.9 Å². The van der Waals surface area contributed by atoms with E-state index >= 15 is 0 Å². The van der Waals surface area contributed by atoms with Crippen LogP contribution in [0.25, 0.3) is 32.6 Å². The van der Waals surface area contributed by atoms with Crippen LogP contribution in [0.1, 0.15) is 11.1 Å². The van der Waals surface area contributed by atoms with Gasteiger partial charge in [-0.25, -0.2) is 0 Å². The molecule has 1 N–H and O–H groups in total. The summed E-state index contributed by atoms with van der Waals surface area (Å²) in [6.45, 7) is 4.10. The minimum Gasteiger partial charge on any atom is -0.354 e. The molecule has 0 bridgehead atoms. The Morgan fingerprint density at radius 2 is 1.57 bits per heavy atom. The first-order valence-electron chi connectivity index (χ1n) is 7.10. The van der Waals surface area contributed by atoms with Gasteiger partial charge in [0.1, 0.15) is 0 Å². The number of hydrogen-bond acceptors (Lipinski definition) is 1. The van der Waals surface area contributed by atoms with Gasteiger partial charge in [0, 0.05) is 16.2 Å². The maximum atomic E-state index is 12.7. The van der Waals surface area contributed by atoms with Crippen LogP contribution in [-0.4, -0.2) is 4.98 Å². The monoisotopic (exact) mass is 273 g/mol. The van der Waals surface area contributed by atoms with Crippen LogP contribution in [0.3, 0.4) is 0 Å². The maximum Gasteiger partial charge on any atom is 0.197 e. The molecule has 0 saturated carbocycles. The van der Waals surface area contributed by atoms with Gasteiger partial charge >= 0.3 is 0 Å². The molecule has 2 heteroatoms. The highest BCUT2D eigenvalue weighted by Crippen LogP contribution is 2.25. The van der Waals surface area contributed by atoms with E-state index in [1.807, 2.05) is 37.3 Å². The number of benzene rings is 3. The van der Waals surface area contributed by atoms with E-state index in [4.69, 9.17) is 0 Å². The number of aromatic amines is 1. The second-order valence-corrected chi connectivity index (χ2v) is 5.66. The maximum absolute atomic E-state index is 12.7. The van der Waals surface area contributed by atoms with Crippen LogP contribution in [0.15, 0.2) is 53.3 Å². The quantitative estimate of drug-likeness (QED) is 0.372. The largest absolute Gasteiger partial charge is 0.354 e. The summed E-state index contributed by atoms with van der Waals surface area (Å²) in [6.07, 6.45) is 0. The molecule has 0 aliphatic rings. The summed E-state index contributed by atoms with van der Waals surface area (Å²) in [4.78, 5) is 16.2. The Morgan fingerprint density at radius 1 is 0.810 bits per heavy atom. The number of nitrogens with one attached hydrogen (secondary N) is 1. The van der Waals surface area contributed by atoms with Crippen LogP contribution in [0.5, 0.6) is 0 Å². The minimum absolute atomic E-state index is 0.103. The van der Waals surface area contributed by atoms with E-state index in [0.717, 1.165) is 38.1 Å². The van der Waals surface area contributed by atoms with Crippen molar-refractivity contribution in [2.24, 2.45) is 0 Å². The van der Waals surface area contributed by atoms with E-state index in [2.05, 4.69) is 30.1 Å². The number of rotatable bonds is 0. The van der Waals surface area contributed by atoms with E-state index in [1.54, 1.807) is 0 Å². The first-order valence-corrected chi connectivity index (χ1v) is 7.10. The van der Waals surface area contributed by atoms with Crippen LogP contribution < -0.4 is 5.43 Å². The Bertz CT molecular complexity index is 1070. The Balaban J connectivity index is 2.34. The topological polar surface area (TPSA) is 32.9 Å². The predicted molar refractivity (Wildman–Crippen MR) is 89.1 cm³/mol. The highest BCUT2D eigenvalue weighted by Gasteiger charge is 2.09. The van der Waals surface area contributed by atoms with Crippen molar-refractivity contribution >= 4 is 32.6 Å². The summed E-state index contributed by atoms with van der Waals surface area (Å²) in [5.74, 6) is 0. The van der Waals surface area contributed by atoms with Gasteiger partial charge in [-0.1, -0.05) is 35.9 Å². The average Bonchev–Trinajstić information content (AvgIpc) is 2.48. The number of fused-ring (bicyclic) bond motifs is 4. The molecule has 0 fully saturated rings. The molecule has 0 spiro atoms. The molecule has 2 nitrogen and oxygen atoms in total. The summed E-state index contributed by atoms with van der Waals surface area (Å²) in [6, 6.07) is 16.1. The molecule has 0 radical (unpaired) electrons. The molecule has 4 rings (SSSR count). The summed E-state index contributed by atoms with van der Waals surface area (Å²) < 4.78 is 0. The molecule has 0 aliphatic carbocycles. The number of para-hydroxylation sites is 1. The Hall–Kier alpha value is -2.61. The Kier molecular flexibility index (Phi) is 2.43. The van der Waals surface area contributed by atoms with Crippen molar-refractivity contribution in [2.75, 3.05) is 0 Å². The van der Waals surface area contributed by atoms with Gasteiger partial charge in [-0.3, -0.25) is 4.79 Å². The third kappa shape index (κ3) is 1.69. The molecule has 1 heterocycles. The summed E-state index contributed by atoms with van der Waals surface area (Å²) >= 11 is 0. The van der Waals surface area contributed by atoms with Crippen LogP contribution in [0, 0.1) is 13.8 Å². The number of aromatic nitrogens is 1. The molecule has 0 unspecified atom stereocenters. The third-order valence-corrected chi connectivity index (χ3v) is 4.19. The van der Waals surface area contributed by atoms with Crippen LogP contribution in [0.4, 0.5) is 0 Å².